The summed E-state index contributed by atoms with van der Waals surface area (Å²) in [6, 6.07) is 141. The Bertz CT molecular complexity index is 7640. The zero-order chi connectivity index (χ0) is 88.7. The number of nitriles is 1. The van der Waals surface area contributed by atoms with E-state index in [1.165, 1.54) is 103 Å². The first-order valence-corrected chi connectivity index (χ1v) is 42.7. The van der Waals surface area contributed by atoms with Crippen LogP contribution in [-0.2, 0) is 9.59 Å². The molecule has 0 amide bonds. The topological polar surface area (TPSA) is 147 Å². The van der Waals surface area contributed by atoms with E-state index in [4.69, 9.17) is 22.0 Å². The number of anilines is 9. The molecule has 0 unspecified atom stereocenters. The standard InChI is InChI=1S/C40H26N2O2.C37H25NO.C30H21N.C7H5BrO.C3H3NO2/c41-26-34(40(43)44)23-29-13-11-27(12-14-29)9-10-28-15-21-36(22-16-28)42(35-7-2-1-3-8-35)37-24-32-19-17-30-5-4-6-31-18-20-33(25-37)39(32)38(30)31;39-25-28-13-11-26(12-14-28)9-10-27-15-21-34(22-16-27)38(33-7-2-1-3-8-33)35-23-31-19-17-29-5-4-6-30-18-20-32(24-35)37(31)36(29)30;1-2-21-11-17-27(18-12-21)31(26-9-4-3-5-10-26)28-19-24-15-13-22-7-6-8-23-14-16-25(20-28)30(24)29(22)23;8-7-3-1-6(5-9)2-4-7;1-4-2-3(5)6/h1-25H,(H,43,44);1-25H;2-20H,1H2;1-5H;2H2,(H,5,6)/b10-9+,34-23-;10-9+;;;. The fourth-order valence-electron chi connectivity index (χ4n) is 16.6. The Labute approximate surface area is 754 Å². The second kappa shape index (κ2) is 38.7. The molecule has 129 heavy (non-hydrogen) atoms. The number of carboxylic acid groups (broad SMARTS) is 2. The molecule has 11 nitrogen and oxygen atoms in total. The van der Waals surface area contributed by atoms with Gasteiger partial charge in [-0.05, 0) is 258 Å². The van der Waals surface area contributed by atoms with E-state index in [1.54, 1.807) is 30.3 Å². The molecule has 2 N–H and O–H groups in total. The van der Waals surface area contributed by atoms with E-state index < -0.39 is 18.5 Å². The van der Waals surface area contributed by atoms with E-state index in [0.29, 0.717) is 16.7 Å². The smallest absolute Gasteiger partial charge is 0.384 e. The molecule has 0 bridgehead atoms. The van der Waals surface area contributed by atoms with E-state index in [2.05, 4.69) is 376 Å². The number of aliphatic carboxylic acids is 2. The highest BCUT2D eigenvalue weighted by molar-refractivity contribution is 9.10. The SMILES string of the molecule is C=Cc1ccc(N(c2ccccc2)c2cc3ccc4cccc5ccc(c2)c3c45)cc1.N#C/C(=C/c1ccc(/C=C/c2ccc(N(c3ccccc3)c3cc4ccc5cccc6ccc(c3)c4c56)cc2)cc1)C(=O)O.O=Cc1ccc(/C=C/c2ccc(N(c3ccccc3)c3cc4ccc5cccc6ccc(c3)c4c56)cc2)cc1.O=Cc1ccc(Br)cc1.[C-]#[N+]CC(=O)O. The van der Waals surface area contributed by atoms with Gasteiger partial charge in [0, 0.05) is 66.8 Å². The van der Waals surface area contributed by atoms with Gasteiger partial charge in [-0.1, -0.05) is 332 Å². The van der Waals surface area contributed by atoms with Gasteiger partial charge in [-0.2, -0.15) is 5.26 Å². The van der Waals surface area contributed by atoms with Crippen LogP contribution in [0.3, 0.4) is 0 Å². The number of para-hydroxylation sites is 3. The molecule has 0 aliphatic rings. The number of nitrogens with zero attached hydrogens (tertiary/aromatic N) is 5. The molecule has 0 radical (unpaired) electrons. The summed E-state index contributed by atoms with van der Waals surface area (Å²) in [5.41, 5.74) is 17.1. The highest BCUT2D eigenvalue weighted by Crippen LogP contribution is 2.46. The quantitative estimate of drug-likeness (QED) is 0.0200. The first-order chi connectivity index (χ1) is 63.2. The monoisotopic (exact) mass is 1730 g/mol. The van der Waals surface area contributed by atoms with Gasteiger partial charge in [0.15, 0.2) is 0 Å². The molecule has 21 aromatic carbocycles. The van der Waals surface area contributed by atoms with Crippen molar-refractivity contribution in [3.63, 3.8) is 0 Å². The molecule has 12 heteroatoms. The third-order valence-corrected chi connectivity index (χ3v) is 23.2. The van der Waals surface area contributed by atoms with Gasteiger partial charge in [0.05, 0.1) is 0 Å². The predicted molar refractivity (Wildman–Crippen MR) is 541 cm³/mol. The molecule has 0 fully saturated rings. The van der Waals surface area contributed by atoms with Crippen molar-refractivity contribution in [1.29, 1.82) is 5.26 Å². The summed E-state index contributed by atoms with van der Waals surface area (Å²) in [7, 11) is 0. The van der Waals surface area contributed by atoms with Crippen molar-refractivity contribution in [2.75, 3.05) is 21.2 Å². The van der Waals surface area contributed by atoms with Crippen LogP contribution in [0, 0.1) is 17.9 Å². The van der Waals surface area contributed by atoms with Crippen molar-refractivity contribution in [3.8, 4) is 6.07 Å². The van der Waals surface area contributed by atoms with Crippen LogP contribution in [0.1, 0.15) is 54.1 Å². The summed E-state index contributed by atoms with van der Waals surface area (Å²) in [6.45, 7) is 9.45. The van der Waals surface area contributed by atoms with E-state index in [9.17, 15) is 19.2 Å². The normalized spacial score (nSPS) is 11.2. The average molecular weight is 1730 g/mol. The highest BCUT2D eigenvalue weighted by Gasteiger charge is 2.21. The summed E-state index contributed by atoms with van der Waals surface area (Å²) in [5, 5.41) is 48.9. The van der Waals surface area contributed by atoms with Gasteiger partial charge in [-0.25, -0.2) is 16.2 Å². The molecule has 0 aliphatic heterocycles. The zero-order valence-electron chi connectivity index (χ0n) is 69.8. The first-order valence-electron chi connectivity index (χ1n) is 41.9. The maximum atomic E-state index is 11.1. The fraction of sp³-hybridized carbons (Fsp3) is 0.00855. The molecule has 0 aromatic heterocycles. The summed E-state index contributed by atoms with van der Waals surface area (Å²) >= 11 is 3.26. The van der Waals surface area contributed by atoms with Crippen molar-refractivity contribution < 1.29 is 29.4 Å². The molecule has 0 heterocycles. The lowest BCUT2D eigenvalue weighted by Gasteiger charge is -2.26. The Morgan fingerprint density at radius 3 is 0.798 bits per heavy atom. The summed E-state index contributed by atoms with van der Waals surface area (Å²) < 4.78 is 0.994. The van der Waals surface area contributed by atoms with Crippen LogP contribution in [0.4, 0.5) is 51.2 Å². The van der Waals surface area contributed by atoms with Gasteiger partial charge in [-0.15, -0.1) is 0 Å². The molecule has 0 saturated heterocycles. The summed E-state index contributed by atoms with van der Waals surface area (Å²) in [5.74, 6) is -2.30. The van der Waals surface area contributed by atoms with E-state index in [1.807, 2.05) is 72.8 Å². The highest BCUT2D eigenvalue weighted by atomic mass is 79.9. The third kappa shape index (κ3) is 18.9. The minimum absolute atomic E-state index is 0.292. The number of hydrogen-bond acceptors (Lipinski definition) is 8. The van der Waals surface area contributed by atoms with Crippen molar-refractivity contribution in [1.82, 2.24) is 0 Å². The fourth-order valence-corrected chi connectivity index (χ4v) is 16.9. The van der Waals surface area contributed by atoms with Crippen molar-refractivity contribution in [2.24, 2.45) is 0 Å². The van der Waals surface area contributed by atoms with Gasteiger partial charge in [0.2, 0.25) is 0 Å². The Morgan fingerprint density at radius 1 is 0.310 bits per heavy atom. The second-order valence-electron chi connectivity index (χ2n) is 30.9. The molecule has 0 atom stereocenters. The van der Waals surface area contributed by atoms with Gasteiger partial charge >= 0.3 is 18.5 Å². The van der Waals surface area contributed by atoms with Crippen LogP contribution in [0.25, 0.3) is 138 Å². The van der Waals surface area contributed by atoms with Crippen molar-refractivity contribution >= 4 is 225 Å². The summed E-state index contributed by atoms with van der Waals surface area (Å²) in [6.07, 6.45) is 13.2. The molecule has 0 aliphatic carbocycles. The number of benzene rings is 21. The van der Waals surface area contributed by atoms with Crippen LogP contribution >= 0.6 is 15.9 Å². The maximum absolute atomic E-state index is 11.1. The number of carbonyl (C=O) groups is 4. The molecular weight excluding hydrogens is 1650 g/mol. The van der Waals surface area contributed by atoms with Gasteiger partial charge < -0.3 is 29.8 Å². The third-order valence-electron chi connectivity index (χ3n) is 22.7. The Hall–Kier alpha value is -17.2. The number of carboxylic acids is 2. The Balaban J connectivity index is 0.000000127. The maximum Gasteiger partial charge on any atom is 0.384 e. The number of halogens is 1. The van der Waals surface area contributed by atoms with Crippen LogP contribution < -0.4 is 14.7 Å². The van der Waals surface area contributed by atoms with Crippen LogP contribution in [0.2, 0.25) is 0 Å². The molecule has 21 rings (SSSR count). The van der Waals surface area contributed by atoms with Crippen LogP contribution in [-0.4, -0.2) is 41.3 Å². The lowest BCUT2D eigenvalue weighted by molar-refractivity contribution is -0.135. The van der Waals surface area contributed by atoms with E-state index >= 15 is 0 Å². The van der Waals surface area contributed by atoms with Crippen LogP contribution in [0.5, 0.6) is 0 Å². The number of hydrogen-bond donors (Lipinski definition) is 2. The second-order valence-corrected chi connectivity index (χ2v) is 31.8. The van der Waals surface area contributed by atoms with Crippen molar-refractivity contribution in [2.45, 2.75) is 0 Å². The Morgan fingerprint density at radius 2 is 0.550 bits per heavy atom. The zero-order valence-corrected chi connectivity index (χ0v) is 71.4. The number of rotatable bonds is 19. The Kier molecular flexibility index (Phi) is 25.2. The van der Waals surface area contributed by atoms with Gasteiger partial charge in [0.25, 0.3) is 0 Å². The lowest BCUT2D eigenvalue weighted by atomic mass is 9.93. The molecule has 21 aromatic rings. The van der Waals surface area contributed by atoms with E-state index in [0.717, 1.165) is 96.0 Å². The van der Waals surface area contributed by atoms with Gasteiger partial charge in [-0.3, -0.25) is 9.59 Å². The molecule has 616 valence electrons. The van der Waals surface area contributed by atoms with Crippen LogP contribution in [0.15, 0.2) is 417 Å². The minimum Gasteiger partial charge on any atom is -0.477 e. The lowest BCUT2D eigenvalue weighted by Crippen LogP contribution is -2.10. The number of aldehydes is 2. The van der Waals surface area contributed by atoms with Crippen molar-refractivity contribution in [3.05, 3.63) is 473 Å². The molecule has 0 saturated carbocycles. The molecule has 0 spiro atoms. The van der Waals surface area contributed by atoms with E-state index in [-0.39, 0.29) is 5.57 Å². The minimum atomic E-state index is -1.23. The number of carbonyl (C=O) groups excluding carboxylic acids is 2. The van der Waals surface area contributed by atoms with Gasteiger partial charge in [0.1, 0.15) is 24.2 Å². The molecular formula is C117H80BrN5O6. The summed E-state index contributed by atoms with van der Waals surface area (Å²) in [4.78, 5) is 51.0. The largest absolute Gasteiger partial charge is 0.477 e. The first kappa shape index (κ1) is 84.1. The average Bonchev–Trinajstić information content (AvgIpc) is 0.746. The predicted octanol–water partition coefficient (Wildman–Crippen LogP) is 31.2.